The molecule has 0 aliphatic heterocycles. The molecule has 1 heterocycles. The van der Waals surface area contributed by atoms with Crippen LogP contribution in [0.3, 0.4) is 0 Å². The number of nitrogens with one attached hydrogen (secondary N) is 1. The summed E-state index contributed by atoms with van der Waals surface area (Å²) >= 11 is 0. The number of benzene rings is 1. The van der Waals surface area contributed by atoms with Gasteiger partial charge in [-0.2, -0.15) is 5.10 Å². The minimum absolute atomic E-state index is 0.301. The Balaban J connectivity index is 2.15. The third-order valence-electron chi connectivity index (χ3n) is 3.16. The molecule has 0 aliphatic rings. The second-order valence-electron chi connectivity index (χ2n) is 5.02. The fraction of sp³-hybridized carbons (Fsp3) is 0.333. The number of hydrogen-bond donors (Lipinski definition) is 2. The molecule has 0 radical (unpaired) electrons. The van der Waals surface area contributed by atoms with Crippen LogP contribution in [-0.2, 0) is 6.54 Å². The van der Waals surface area contributed by atoms with E-state index in [-0.39, 0.29) is 0 Å². The lowest BCUT2D eigenvalue weighted by Gasteiger charge is -2.08. The molecule has 0 aliphatic carbocycles. The molecule has 0 unspecified atom stereocenters. The molecule has 0 fully saturated rings. The van der Waals surface area contributed by atoms with Crippen LogP contribution in [0.15, 0.2) is 30.5 Å². The Morgan fingerprint density at radius 1 is 1.40 bits per heavy atom. The van der Waals surface area contributed by atoms with Crippen molar-refractivity contribution in [2.24, 2.45) is 0 Å². The molecule has 0 saturated heterocycles. The van der Waals surface area contributed by atoms with Crippen molar-refractivity contribution < 1.29 is 9.90 Å². The molecule has 1 aromatic carbocycles. The number of carboxylic acid groups (broad SMARTS) is 1. The monoisotopic (exact) mass is 273 g/mol. The molecule has 5 nitrogen and oxygen atoms in total. The lowest BCUT2D eigenvalue weighted by molar-refractivity contribution is 0.0696. The van der Waals surface area contributed by atoms with Crippen molar-refractivity contribution in [3.8, 4) is 0 Å². The first-order valence-electron chi connectivity index (χ1n) is 6.60. The zero-order chi connectivity index (χ0) is 14.7. The smallest absolute Gasteiger partial charge is 0.336 e. The fourth-order valence-electron chi connectivity index (χ4n) is 1.99. The van der Waals surface area contributed by atoms with Gasteiger partial charge in [-0.3, -0.25) is 4.68 Å². The molecule has 2 aromatic rings. The van der Waals surface area contributed by atoms with E-state index in [1.165, 1.54) is 0 Å². The summed E-state index contributed by atoms with van der Waals surface area (Å²) in [6.07, 6.45) is 1.95. The highest BCUT2D eigenvalue weighted by atomic mass is 16.4. The first-order chi connectivity index (χ1) is 9.49. The van der Waals surface area contributed by atoms with Gasteiger partial charge in [0.25, 0.3) is 0 Å². The van der Waals surface area contributed by atoms with Crippen molar-refractivity contribution in [2.75, 3.05) is 5.32 Å². The standard InChI is InChI=1S/C15H19N3O2/c1-10(2)18-9-14(11(3)17-18)16-8-12-6-4-5-7-13(12)15(19)20/h4-7,9-10,16H,8H2,1-3H3,(H,19,20). The van der Waals surface area contributed by atoms with Crippen LogP contribution in [0.2, 0.25) is 0 Å². The number of hydrogen-bond acceptors (Lipinski definition) is 3. The SMILES string of the molecule is Cc1nn(C(C)C)cc1NCc1ccccc1C(=O)O. The number of aromatic carboxylic acids is 1. The molecule has 0 saturated carbocycles. The molecule has 0 bridgehead atoms. The Labute approximate surface area is 118 Å². The highest BCUT2D eigenvalue weighted by Gasteiger charge is 2.10. The maximum absolute atomic E-state index is 11.1. The van der Waals surface area contributed by atoms with Crippen LogP contribution >= 0.6 is 0 Å². The van der Waals surface area contributed by atoms with E-state index in [0.29, 0.717) is 18.2 Å². The zero-order valence-corrected chi connectivity index (χ0v) is 11.9. The van der Waals surface area contributed by atoms with Crippen molar-refractivity contribution in [3.63, 3.8) is 0 Å². The van der Waals surface area contributed by atoms with E-state index in [1.807, 2.05) is 29.9 Å². The Morgan fingerprint density at radius 3 is 2.70 bits per heavy atom. The topological polar surface area (TPSA) is 67.2 Å². The van der Waals surface area contributed by atoms with Crippen LogP contribution in [-0.4, -0.2) is 20.9 Å². The van der Waals surface area contributed by atoms with Crippen LogP contribution in [0.1, 0.15) is 41.5 Å². The van der Waals surface area contributed by atoms with Crippen LogP contribution in [0.25, 0.3) is 0 Å². The molecule has 1 aromatic heterocycles. The van der Waals surface area contributed by atoms with Crippen LogP contribution in [0.4, 0.5) is 5.69 Å². The number of nitrogens with zero attached hydrogens (tertiary/aromatic N) is 2. The fourth-order valence-corrected chi connectivity index (χ4v) is 1.99. The zero-order valence-electron chi connectivity index (χ0n) is 11.9. The van der Waals surface area contributed by atoms with Gasteiger partial charge in [0.05, 0.1) is 16.9 Å². The van der Waals surface area contributed by atoms with Crippen molar-refractivity contribution in [3.05, 3.63) is 47.3 Å². The van der Waals surface area contributed by atoms with E-state index in [1.54, 1.807) is 12.1 Å². The predicted molar refractivity (Wildman–Crippen MR) is 78.1 cm³/mol. The van der Waals surface area contributed by atoms with Gasteiger partial charge in [0.1, 0.15) is 0 Å². The Morgan fingerprint density at radius 2 is 2.10 bits per heavy atom. The maximum atomic E-state index is 11.1. The Kier molecular flexibility index (Phi) is 4.08. The van der Waals surface area contributed by atoms with E-state index >= 15 is 0 Å². The second-order valence-corrected chi connectivity index (χ2v) is 5.02. The second kappa shape index (κ2) is 5.77. The lowest BCUT2D eigenvalue weighted by atomic mass is 10.1. The average molecular weight is 273 g/mol. The summed E-state index contributed by atoms with van der Waals surface area (Å²) in [6.45, 7) is 6.53. The molecule has 5 heteroatoms. The lowest BCUT2D eigenvalue weighted by Crippen LogP contribution is -2.07. The number of aromatic nitrogens is 2. The highest BCUT2D eigenvalue weighted by Crippen LogP contribution is 2.18. The minimum Gasteiger partial charge on any atom is -0.478 e. The molecular formula is C15H19N3O2. The van der Waals surface area contributed by atoms with Gasteiger partial charge in [0, 0.05) is 18.8 Å². The number of rotatable bonds is 5. The van der Waals surface area contributed by atoms with E-state index in [4.69, 9.17) is 5.11 Å². The van der Waals surface area contributed by atoms with E-state index in [2.05, 4.69) is 24.3 Å². The van der Waals surface area contributed by atoms with Gasteiger partial charge in [-0.05, 0) is 32.4 Å². The summed E-state index contributed by atoms with van der Waals surface area (Å²) in [5.74, 6) is -0.906. The quantitative estimate of drug-likeness (QED) is 0.878. The molecule has 2 N–H and O–H groups in total. The molecule has 20 heavy (non-hydrogen) atoms. The summed E-state index contributed by atoms with van der Waals surface area (Å²) in [4.78, 5) is 11.1. The molecule has 106 valence electrons. The van der Waals surface area contributed by atoms with Crippen molar-refractivity contribution in [2.45, 2.75) is 33.4 Å². The molecule has 0 spiro atoms. The van der Waals surface area contributed by atoms with Gasteiger partial charge in [-0.15, -0.1) is 0 Å². The van der Waals surface area contributed by atoms with Crippen LogP contribution in [0, 0.1) is 6.92 Å². The van der Waals surface area contributed by atoms with E-state index in [0.717, 1.165) is 16.9 Å². The van der Waals surface area contributed by atoms with Gasteiger partial charge in [-0.25, -0.2) is 4.79 Å². The molecule has 0 amide bonds. The Bertz CT molecular complexity index is 617. The van der Waals surface area contributed by atoms with Crippen molar-refractivity contribution >= 4 is 11.7 Å². The third kappa shape index (κ3) is 2.99. The van der Waals surface area contributed by atoms with Crippen LogP contribution in [0.5, 0.6) is 0 Å². The third-order valence-corrected chi connectivity index (χ3v) is 3.16. The highest BCUT2D eigenvalue weighted by molar-refractivity contribution is 5.89. The first-order valence-corrected chi connectivity index (χ1v) is 6.60. The normalized spacial score (nSPS) is 10.8. The number of carboxylic acids is 1. The number of carbonyl (C=O) groups is 1. The summed E-state index contributed by atoms with van der Waals surface area (Å²) in [5, 5.41) is 16.8. The molecule has 0 atom stereocenters. The van der Waals surface area contributed by atoms with Crippen molar-refractivity contribution in [1.29, 1.82) is 0 Å². The van der Waals surface area contributed by atoms with Gasteiger partial charge in [0.2, 0.25) is 0 Å². The number of aryl methyl sites for hydroxylation is 1. The minimum atomic E-state index is -0.906. The summed E-state index contributed by atoms with van der Waals surface area (Å²) in [7, 11) is 0. The predicted octanol–water partition coefficient (Wildman–Crippen LogP) is 3.08. The molecular weight excluding hydrogens is 254 g/mol. The summed E-state index contributed by atoms with van der Waals surface area (Å²) in [5.41, 5.74) is 2.93. The maximum Gasteiger partial charge on any atom is 0.336 e. The van der Waals surface area contributed by atoms with Gasteiger partial charge in [0.15, 0.2) is 0 Å². The van der Waals surface area contributed by atoms with Crippen LogP contribution < -0.4 is 5.32 Å². The summed E-state index contributed by atoms with van der Waals surface area (Å²) < 4.78 is 1.89. The first kappa shape index (κ1) is 14.1. The average Bonchev–Trinajstić information content (AvgIpc) is 2.78. The number of anilines is 1. The van der Waals surface area contributed by atoms with E-state index in [9.17, 15) is 4.79 Å². The van der Waals surface area contributed by atoms with Gasteiger partial charge >= 0.3 is 5.97 Å². The Hall–Kier alpha value is -2.30. The largest absolute Gasteiger partial charge is 0.478 e. The molecule has 2 rings (SSSR count). The van der Waals surface area contributed by atoms with Gasteiger partial charge < -0.3 is 10.4 Å². The van der Waals surface area contributed by atoms with Crippen molar-refractivity contribution in [1.82, 2.24) is 9.78 Å². The van der Waals surface area contributed by atoms with Gasteiger partial charge in [-0.1, -0.05) is 18.2 Å². The van der Waals surface area contributed by atoms with E-state index < -0.39 is 5.97 Å². The summed E-state index contributed by atoms with van der Waals surface area (Å²) in [6, 6.07) is 7.31.